The van der Waals surface area contributed by atoms with E-state index in [1.165, 1.54) is 38.5 Å². The third kappa shape index (κ3) is 11.5. The van der Waals surface area contributed by atoms with Gasteiger partial charge in [0.05, 0.1) is 0 Å². The van der Waals surface area contributed by atoms with Gasteiger partial charge in [-0.1, -0.05) is 12.8 Å². The van der Waals surface area contributed by atoms with Crippen molar-refractivity contribution < 1.29 is 23.3 Å². The number of halogens is 2. The quantitative estimate of drug-likeness (QED) is 0.258. The average Bonchev–Trinajstić information content (AvgIpc) is 3.41. The van der Waals surface area contributed by atoms with Crippen molar-refractivity contribution in [2.24, 2.45) is 11.8 Å². The first-order valence-corrected chi connectivity index (χ1v) is 15.5. The van der Waals surface area contributed by atoms with Crippen molar-refractivity contribution in [1.82, 2.24) is 0 Å². The van der Waals surface area contributed by atoms with Crippen molar-refractivity contribution in [2.45, 2.75) is 38.5 Å². The Morgan fingerprint density at radius 2 is 1.24 bits per heavy atom. The van der Waals surface area contributed by atoms with Gasteiger partial charge in [-0.3, -0.25) is 0 Å². The maximum Gasteiger partial charge on any atom is -0.171 e. The minimum atomic E-state index is 0. The fourth-order valence-corrected chi connectivity index (χ4v) is 3.67. The van der Waals surface area contributed by atoms with Crippen molar-refractivity contribution in [3.8, 4) is 0 Å². The van der Waals surface area contributed by atoms with Crippen LogP contribution >= 0.6 is 24.8 Å². The molecule has 0 nitrogen and oxygen atoms in total. The minimum Gasteiger partial charge on any atom is -0.184 e. The Bertz CT molecular complexity index is 571. The molecular weight excluding hydrogens is 490 g/mol. The molecule has 5 rings (SSSR count). The minimum absolute atomic E-state index is 0. The molecule has 4 aliphatic rings. The molecule has 0 heterocycles. The summed E-state index contributed by atoms with van der Waals surface area (Å²) in [7, 11) is 0. The largest absolute Gasteiger partial charge is 0.184 e. The molecule has 0 saturated heterocycles. The molecule has 0 amide bonds. The van der Waals surface area contributed by atoms with Crippen LogP contribution in [0, 0.1) is 38.2 Å². The molecule has 0 aliphatic heterocycles. The van der Waals surface area contributed by atoms with Crippen LogP contribution in [0.25, 0.3) is 0 Å². The molecule has 160 valence electrons. The van der Waals surface area contributed by atoms with Crippen molar-refractivity contribution in [3.05, 3.63) is 104 Å². The summed E-state index contributed by atoms with van der Waals surface area (Å²) in [6.07, 6.45) is 26.1. The van der Waals surface area contributed by atoms with Crippen LogP contribution in [0.2, 0.25) is 0 Å². The fourth-order valence-electron chi connectivity index (χ4n) is 3.67. The zero-order valence-electron chi connectivity index (χ0n) is 17.4. The van der Waals surface area contributed by atoms with Crippen LogP contribution in [0.15, 0.2) is 77.9 Å². The first-order valence-electron chi connectivity index (χ1n) is 9.60. The van der Waals surface area contributed by atoms with Gasteiger partial charge >= 0.3 is 30.2 Å². The van der Waals surface area contributed by atoms with Crippen LogP contribution in [0.4, 0.5) is 0 Å². The van der Waals surface area contributed by atoms with Crippen LogP contribution in [-0.4, -0.2) is 6.88 Å². The summed E-state index contributed by atoms with van der Waals surface area (Å²) in [6.45, 7) is 1.95. The summed E-state index contributed by atoms with van der Waals surface area (Å²) < 4.78 is 0. The van der Waals surface area contributed by atoms with E-state index in [-0.39, 0.29) is 32.2 Å². The van der Waals surface area contributed by atoms with Gasteiger partial charge in [-0.15, -0.1) is 62.0 Å². The molecule has 0 bridgehead atoms. The van der Waals surface area contributed by atoms with Gasteiger partial charge in [0, 0.05) is 0 Å². The van der Waals surface area contributed by atoms with Crippen LogP contribution < -0.4 is 0 Å². The Balaban J connectivity index is 0. The zero-order valence-corrected chi connectivity index (χ0v) is 22.9. The Morgan fingerprint density at radius 1 is 0.793 bits per heavy atom. The summed E-state index contributed by atoms with van der Waals surface area (Å²) in [6, 6.07) is 12.5. The molecule has 2 atom stereocenters. The number of fused-ring (bicyclic) bond motifs is 2. The Morgan fingerprint density at radius 3 is 1.55 bits per heavy atom. The summed E-state index contributed by atoms with van der Waals surface area (Å²) in [4.78, 5) is 0. The summed E-state index contributed by atoms with van der Waals surface area (Å²) in [5, 5.41) is 0. The molecule has 2 saturated carbocycles. The van der Waals surface area contributed by atoms with E-state index in [1.807, 2.05) is 37.2 Å². The molecule has 1 aromatic rings. The molecule has 4 heteroatoms. The molecular formula is C25H34Cl2SiZr-4. The van der Waals surface area contributed by atoms with Crippen LogP contribution in [0.1, 0.15) is 38.5 Å². The summed E-state index contributed by atoms with van der Waals surface area (Å²) in [5.41, 5.74) is 3.16. The molecule has 2 fully saturated rings. The van der Waals surface area contributed by atoms with Gasteiger partial charge in [0.15, 0.2) is 0 Å². The Labute approximate surface area is 208 Å². The van der Waals surface area contributed by atoms with Crippen LogP contribution in [0.3, 0.4) is 0 Å². The van der Waals surface area contributed by atoms with Gasteiger partial charge in [-0.2, -0.15) is 36.4 Å². The number of rotatable bonds is 0. The van der Waals surface area contributed by atoms with Crippen LogP contribution in [-0.2, 0) is 23.3 Å². The monoisotopic (exact) mass is 522 g/mol. The second-order valence-corrected chi connectivity index (χ2v) is 6.70. The van der Waals surface area contributed by atoms with Gasteiger partial charge in [0.1, 0.15) is 0 Å². The molecule has 0 aromatic heterocycles. The number of allylic oxidation sites excluding steroid dienone is 8. The second kappa shape index (κ2) is 19.6. The van der Waals surface area contributed by atoms with E-state index in [9.17, 15) is 0 Å². The molecule has 4 aliphatic carbocycles. The summed E-state index contributed by atoms with van der Waals surface area (Å²) >= 11 is 1.58. The summed E-state index contributed by atoms with van der Waals surface area (Å²) in [5.74, 6) is 1.77. The number of benzene rings is 1. The van der Waals surface area contributed by atoms with Gasteiger partial charge < -0.3 is 7.43 Å². The van der Waals surface area contributed by atoms with Gasteiger partial charge in [-0.25, -0.2) is 36.1 Å². The molecule has 1 aromatic carbocycles. The van der Waals surface area contributed by atoms with Crippen molar-refractivity contribution in [2.75, 3.05) is 0 Å². The van der Waals surface area contributed by atoms with Gasteiger partial charge in [0.25, 0.3) is 0 Å². The number of hydrogen-bond donors (Lipinski definition) is 0. The van der Waals surface area contributed by atoms with Crippen LogP contribution in [0.5, 0.6) is 0 Å². The van der Waals surface area contributed by atoms with Crippen molar-refractivity contribution in [1.29, 1.82) is 0 Å². The third-order valence-electron chi connectivity index (χ3n) is 5.03. The molecule has 2 unspecified atom stereocenters. The second-order valence-electron chi connectivity index (χ2n) is 6.70. The third-order valence-corrected chi connectivity index (χ3v) is 5.03. The van der Waals surface area contributed by atoms with E-state index in [1.54, 1.807) is 34.5 Å². The van der Waals surface area contributed by atoms with Gasteiger partial charge in [0.2, 0.25) is 0 Å². The maximum atomic E-state index is 2.89. The van der Waals surface area contributed by atoms with E-state index >= 15 is 0 Å². The fraction of sp³-hybridized carbons (Fsp3) is 0.320. The van der Waals surface area contributed by atoms with Gasteiger partial charge in [-0.05, 0) is 24.7 Å². The topological polar surface area (TPSA) is 0 Å². The standard InChI is InChI=1S/2C9H11.C6H5.CH3.2ClH.H2Si.Zr/c2*1-2-5-9-7-3-6-8(9)4-1;1-2-4-6-5-3-1;;;;;/h2*1-2,4,6,9H,3,5,7H2;1-5H;1H3;2*1H;1H2;/q4*-1;;;;. The zero-order chi connectivity index (χ0) is 18.5. The van der Waals surface area contributed by atoms with E-state index < -0.39 is 0 Å². The molecule has 29 heavy (non-hydrogen) atoms. The number of hydrogen-bond acceptors (Lipinski definition) is 0. The van der Waals surface area contributed by atoms with E-state index in [0.29, 0.717) is 0 Å². The average molecular weight is 525 g/mol. The SMILES string of the molecule is C1=CCC2CC[CH-]C2=C1.C1=CCC2CC[CH-]C2=C1.Cl.Cl.[CH3-].[SiH2]=[Zr].[c-]1ccccc1. The Kier molecular flexibility index (Phi) is 20.8. The molecule has 0 spiro atoms. The first-order chi connectivity index (χ1) is 12.9. The van der Waals surface area contributed by atoms with Crippen molar-refractivity contribution in [3.63, 3.8) is 0 Å². The van der Waals surface area contributed by atoms with Crippen molar-refractivity contribution >= 4 is 31.7 Å². The van der Waals surface area contributed by atoms with E-state index in [4.69, 9.17) is 0 Å². The first kappa shape index (κ1) is 30.8. The maximum absolute atomic E-state index is 2.89. The molecule has 0 N–H and O–H groups in total. The van der Waals surface area contributed by atoms with E-state index in [2.05, 4.69) is 55.4 Å². The van der Waals surface area contributed by atoms with E-state index in [0.717, 1.165) is 11.8 Å². The normalized spacial score (nSPS) is 21.1. The smallest absolute Gasteiger partial charge is 0.171 e. The predicted octanol–water partition coefficient (Wildman–Crippen LogP) is 6.84. The predicted molar refractivity (Wildman–Crippen MR) is 132 cm³/mol. The molecule has 0 radical (unpaired) electrons. The Hall–Kier alpha value is -0.400.